The minimum absolute atomic E-state index is 1.40. The quantitative estimate of drug-likeness (QED) is 0.487. The molecule has 124 valence electrons. The Hall–Kier alpha value is -2.60. The summed E-state index contributed by atoms with van der Waals surface area (Å²) in [5.41, 5.74) is 0. The Morgan fingerprint density at radius 1 is 0.280 bits per heavy atom. The normalized spacial score (nSPS) is 11.8. The van der Waals surface area contributed by atoms with Crippen molar-refractivity contribution >= 4 is 17.8 Å². The second-order valence-corrected chi connectivity index (χ2v) is 9.86. The molecule has 4 aromatic carbocycles. The van der Waals surface area contributed by atoms with Crippen LogP contribution in [0.4, 0.5) is 0 Å². The molecule has 0 saturated carbocycles. The molecule has 1 heteroatoms. The molecule has 0 aliphatic rings. The van der Waals surface area contributed by atoms with E-state index in [1.54, 1.807) is 0 Å². The van der Waals surface area contributed by atoms with E-state index in [1.807, 2.05) is 0 Å². The van der Waals surface area contributed by atoms with Gasteiger partial charge < -0.3 is 0 Å². The fourth-order valence-electron chi connectivity index (χ4n) is 3.05. The first kappa shape index (κ1) is 15.9. The summed E-state index contributed by atoms with van der Waals surface area (Å²) in [6, 6.07) is 43.9. The molecule has 4 rings (SSSR count). The van der Waals surface area contributed by atoms with Crippen LogP contribution >= 0.6 is 0 Å². The van der Waals surface area contributed by atoms with E-state index >= 15 is 0 Å². The van der Waals surface area contributed by atoms with Gasteiger partial charge in [0.25, 0.3) is 0 Å². The van der Waals surface area contributed by atoms with E-state index in [2.05, 4.69) is 121 Å². The first-order valence-electron chi connectivity index (χ1n) is 8.35. The van der Waals surface area contributed by atoms with E-state index in [1.165, 1.54) is 17.8 Å². The Kier molecular flexibility index (Phi) is 4.52. The third kappa shape index (κ3) is 2.82. The molecule has 0 atom stereocenters. The molecule has 0 amide bonds. The average Bonchev–Trinajstić information content (AvgIpc) is 2.72. The number of hydrogen-bond acceptors (Lipinski definition) is 0. The van der Waals surface area contributed by atoms with Gasteiger partial charge in [-0.2, -0.15) is 0 Å². The van der Waals surface area contributed by atoms with E-state index in [-0.39, 0.29) is 0 Å². The Morgan fingerprint density at radius 3 is 0.680 bits per heavy atom. The first-order valence-corrected chi connectivity index (χ1v) is 10.6. The summed E-state index contributed by atoms with van der Waals surface area (Å²) in [5, 5.41) is 0. The van der Waals surface area contributed by atoms with Crippen LogP contribution in [-0.2, 0) is 12.8 Å². The molecule has 25 heavy (non-hydrogen) atoms. The first-order chi connectivity index (χ1) is 12.4. The van der Waals surface area contributed by atoms with E-state index in [9.17, 15) is 0 Å². The zero-order valence-corrected chi connectivity index (χ0v) is 15.0. The second-order valence-electron chi connectivity index (χ2n) is 5.66. The van der Waals surface area contributed by atoms with Crippen LogP contribution < -0.4 is 17.8 Å². The Morgan fingerprint density at radius 2 is 0.480 bits per heavy atom. The number of benzene rings is 4. The average molecular weight is 364 g/mol. The molecule has 0 heterocycles. The van der Waals surface area contributed by atoms with Gasteiger partial charge in [0.05, 0.1) is 0 Å². The zero-order chi connectivity index (χ0) is 17.0. The summed E-state index contributed by atoms with van der Waals surface area (Å²) in [7, 11) is 0. The molecule has 0 bridgehead atoms. The van der Waals surface area contributed by atoms with Gasteiger partial charge in [-0.15, -0.1) is 0 Å². The molecule has 0 N–H and O–H groups in total. The van der Waals surface area contributed by atoms with Crippen LogP contribution in [0.5, 0.6) is 0 Å². The van der Waals surface area contributed by atoms with Crippen LogP contribution in [0.1, 0.15) is 0 Å². The van der Waals surface area contributed by atoms with Crippen LogP contribution in [0.3, 0.4) is 0 Å². The number of hydrogen-bond donors (Lipinski definition) is 0. The van der Waals surface area contributed by atoms with Crippen molar-refractivity contribution in [3.63, 3.8) is 0 Å². The third-order valence-electron chi connectivity index (χ3n) is 4.12. The molecule has 4 aromatic rings. The van der Waals surface area contributed by atoms with Gasteiger partial charge in [-0.1, -0.05) is 0 Å². The van der Waals surface area contributed by atoms with Gasteiger partial charge in [0.2, 0.25) is 0 Å². The van der Waals surface area contributed by atoms with Gasteiger partial charge in [0.1, 0.15) is 0 Å². The van der Waals surface area contributed by atoms with Crippen molar-refractivity contribution < 1.29 is 12.8 Å². The summed E-state index contributed by atoms with van der Waals surface area (Å²) in [4.78, 5) is 0. The van der Waals surface area contributed by atoms with Crippen LogP contribution in [0.25, 0.3) is 0 Å². The maximum absolute atomic E-state index is 2.28. The second kappa shape index (κ2) is 7.11. The van der Waals surface area contributed by atoms with Crippen LogP contribution in [0, 0.1) is 0 Å². The predicted octanol–water partition coefficient (Wildman–Crippen LogP) is 3.44. The van der Waals surface area contributed by atoms with Gasteiger partial charge in [-0.05, 0) is 0 Å². The Labute approximate surface area is 152 Å². The minimum atomic E-state index is -2.10. The van der Waals surface area contributed by atoms with Crippen molar-refractivity contribution in [3.05, 3.63) is 121 Å². The van der Waals surface area contributed by atoms with E-state index < -0.39 is 12.8 Å². The molecular formula is C24H20Fe. The molecule has 0 unspecified atom stereocenters. The molecule has 0 aliphatic carbocycles. The SMILES string of the molecule is c1cc[c]([Fe]([c]2ccccc2)([c]2ccccc2)[c]2ccccc2)cc1. The van der Waals surface area contributed by atoms with Crippen LogP contribution in [-0.4, -0.2) is 0 Å². The molecule has 0 spiro atoms. The van der Waals surface area contributed by atoms with Crippen molar-refractivity contribution in [1.82, 2.24) is 0 Å². The fourth-order valence-corrected chi connectivity index (χ4v) is 8.32. The molecule has 0 radical (unpaired) electrons. The van der Waals surface area contributed by atoms with Gasteiger partial charge in [0.15, 0.2) is 0 Å². The topological polar surface area (TPSA) is 0 Å². The monoisotopic (exact) mass is 364 g/mol. The summed E-state index contributed by atoms with van der Waals surface area (Å²) in [5.74, 6) is 0. The van der Waals surface area contributed by atoms with E-state index in [0.717, 1.165) is 0 Å². The summed E-state index contributed by atoms with van der Waals surface area (Å²) in [6.45, 7) is 0. The molecule has 0 saturated heterocycles. The zero-order valence-electron chi connectivity index (χ0n) is 13.9. The summed E-state index contributed by atoms with van der Waals surface area (Å²) >= 11 is -2.10. The van der Waals surface area contributed by atoms with Gasteiger partial charge >= 0.3 is 152 Å². The van der Waals surface area contributed by atoms with Gasteiger partial charge in [-0.25, -0.2) is 0 Å². The van der Waals surface area contributed by atoms with Gasteiger partial charge in [0, 0.05) is 0 Å². The maximum atomic E-state index is 2.28. The fraction of sp³-hybridized carbons (Fsp3) is 0. The van der Waals surface area contributed by atoms with Crippen molar-refractivity contribution in [2.75, 3.05) is 0 Å². The molecule has 0 fully saturated rings. The van der Waals surface area contributed by atoms with Crippen molar-refractivity contribution in [3.8, 4) is 0 Å². The van der Waals surface area contributed by atoms with Crippen molar-refractivity contribution in [2.45, 2.75) is 0 Å². The molecule has 0 aromatic heterocycles. The van der Waals surface area contributed by atoms with Crippen LogP contribution in [0.15, 0.2) is 121 Å². The van der Waals surface area contributed by atoms with Crippen molar-refractivity contribution in [1.29, 1.82) is 0 Å². The van der Waals surface area contributed by atoms with Crippen LogP contribution in [0.2, 0.25) is 0 Å². The predicted molar refractivity (Wildman–Crippen MR) is 104 cm³/mol. The van der Waals surface area contributed by atoms with Gasteiger partial charge in [-0.3, -0.25) is 0 Å². The third-order valence-corrected chi connectivity index (χ3v) is 9.42. The van der Waals surface area contributed by atoms with E-state index in [0.29, 0.717) is 0 Å². The van der Waals surface area contributed by atoms with E-state index in [4.69, 9.17) is 0 Å². The Bertz CT molecular complexity index is 753. The standard InChI is InChI=1S/4C6H5.Fe/c4*1-2-4-6-5-3-1;/h4*1-5H;. The molecular weight excluding hydrogens is 344 g/mol. The summed E-state index contributed by atoms with van der Waals surface area (Å²) in [6.07, 6.45) is 0. The Balaban J connectivity index is 2.13. The molecule has 0 aliphatic heterocycles. The van der Waals surface area contributed by atoms with Crippen molar-refractivity contribution in [2.24, 2.45) is 0 Å². The summed E-state index contributed by atoms with van der Waals surface area (Å²) < 4.78 is 5.61. The number of rotatable bonds is 4. The molecule has 0 nitrogen and oxygen atoms in total.